The van der Waals surface area contributed by atoms with Gasteiger partial charge in [-0.15, -0.1) is 0 Å². The second-order valence-electron chi connectivity index (χ2n) is 7.73. The standard InChI is InChI=1S/C21H25FN2O3S/c1-14-4-9-19(22)20(11-14)23-21(25)17-5-7-18(8-6-17)28(26,27)24-12-15(2)10-16(3)13-24/h4-9,11,15-16H,10,12-13H2,1-3H3,(H,23,25). The van der Waals surface area contributed by atoms with E-state index >= 15 is 0 Å². The van der Waals surface area contributed by atoms with Crippen molar-refractivity contribution < 1.29 is 17.6 Å². The highest BCUT2D eigenvalue weighted by molar-refractivity contribution is 7.89. The number of benzene rings is 2. The molecule has 2 aromatic rings. The lowest BCUT2D eigenvalue weighted by Gasteiger charge is -2.34. The van der Waals surface area contributed by atoms with Crippen molar-refractivity contribution in [2.75, 3.05) is 18.4 Å². The molecule has 0 bridgehead atoms. The van der Waals surface area contributed by atoms with E-state index in [2.05, 4.69) is 19.2 Å². The zero-order valence-corrected chi connectivity index (χ0v) is 17.1. The summed E-state index contributed by atoms with van der Waals surface area (Å²) in [6, 6.07) is 10.2. The Morgan fingerprint density at radius 1 is 1.07 bits per heavy atom. The number of carbonyl (C=O) groups is 1. The molecular weight excluding hydrogens is 379 g/mol. The van der Waals surface area contributed by atoms with Crippen LogP contribution in [0.1, 0.15) is 36.2 Å². The van der Waals surface area contributed by atoms with Crippen molar-refractivity contribution in [2.45, 2.75) is 32.1 Å². The first kappa shape index (κ1) is 20.5. The molecule has 0 aromatic heterocycles. The maximum absolute atomic E-state index is 13.8. The Morgan fingerprint density at radius 3 is 2.29 bits per heavy atom. The smallest absolute Gasteiger partial charge is 0.255 e. The molecule has 1 N–H and O–H groups in total. The largest absolute Gasteiger partial charge is 0.319 e. The molecule has 1 aliphatic rings. The van der Waals surface area contributed by atoms with Gasteiger partial charge in [-0.1, -0.05) is 19.9 Å². The van der Waals surface area contributed by atoms with Crippen LogP contribution in [0, 0.1) is 24.6 Å². The minimum absolute atomic E-state index is 0.0954. The molecule has 1 fully saturated rings. The summed E-state index contributed by atoms with van der Waals surface area (Å²) in [6.45, 7) is 6.91. The van der Waals surface area contributed by atoms with E-state index in [-0.39, 0.29) is 16.1 Å². The van der Waals surface area contributed by atoms with E-state index in [1.54, 1.807) is 19.1 Å². The van der Waals surface area contributed by atoms with Gasteiger partial charge in [-0.05, 0) is 67.1 Å². The van der Waals surface area contributed by atoms with E-state index in [0.29, 0.717) is 24.9 Å². The second kappa shape index (κ2) is 8.01. The molecule has 7 heteroatoms. The minimum Gasteiger partial charge on any atom is -0.319 e. The van der Waals surface area contributed by atoms with Crippen molar-refractivity contribution in [1.82, 2.24) is 4.31 Å². The van der Waals surface area contributed by atoms with Gasteiger partial charge in [-0.2, -0.15) is 4.31 Å². The van der Waals surface area contributed by atoms with Crippen LogP contribution in [0.5, 0.6) is 0 Å². The number of carbonyl (C=O) groups excluding carboxylic acids is 1. The Labute approximate surface area is 165 Å². The SMILES string of the molecule is Cc1ccc(F)c(NC(=O)c2ccc(S(=O)(=O)N3CC(C)CC(C)C3)cc2)c1. The number of halogens is 1. The lowest BCUT2D eigenvalue weighted by molar-refractivity contribution is 0.102. The number of hydrogen-bond donors (Lipinski definition) is 1. The van der Waals surface area contributed by atoms with E-state index in [0.717, 1.165) is 12.0 Å². The molecule has 3 rings (SSSR count). The number of amides is 1. The van der Waals surface area contributed by atoms with Crippen molar-refractivity contribution in [1.29, 1.82) is 0 Å². The molecular formula is C21H25FN2O3S. The summed E-state index contributed by atoms with van der Waals surface area (Å²) in [6.07, 6.45) is 1.01. The van der Waals surface area contributed by atoms with Gasteiger partial charge in [-0.25, -0.2) is 12.8 Å². The zero-order valence-electron chi connectivity index (χ0n) is 16.3. The average Bonchev–Trinajstić information content (AvgIpc) is 2.64. The third-order valence-electron chi connectivity index (χ3n) is 4.96. The number of anilines is 1. The number of nitrogens with one attached hydrogen (secondary N) is 1. The van der Waals surface area contributed by atoms with Gasteiger partial charge >= 0.3 is 0 Å². The molecule has 2 atom stereocenters. The maximum Gasteiger partial charge on any atom is 0.255 e. The van der Waals surface area contributed by atoms with Gasteiger partial charge in [0.25, 0.3) is 5.91 Å². The summed E-state index contributed by atoms with van der Waals surface area (Å²) >= 11 is 0. The molecule has 1 saturated heterocycles. The minimum atomic E-state index is -3.60. The average molecular weight is 405 g/mol. The fourth-order valence-corrected chi connectivity index (χ4v) is 5.34. The van der Waals surface area contributed by atoms with Crippen LogP contribution in [0.25, 0.3) is 0 Å². The molecule has 1 heterocycles. The maximum atomic E-state index is 13.8. The third-order valence-corrected chi connectivity index (χ3v) is 6.81. The van der Waals surface area contributed by atoms with Crippen molar-refractivity contribution in [3.05, 3.63) is 59.4 Å². The zero-order chi connectivity index (χ0) is 20.5. The normalized spacial score (nSPS) is 20.7. The Morgan fingerprint density at radius 2 is 1.68 bits per heavy atom. The molecule has 28 heavy (non-hydrogen) atoms. The van der Waals surface area contributed by atoms with Gasteiger partial charge in [-0.3, -0.25) is 4.79 Å². The van der Waals surface area contributed by atoms with E-state index in [1.807, 2.05) is 0 Å². The van der Waals surface area contributed by atoms with Crippen LogP contribution in [0.2, 0.25) is 0 Å². The van der Waals surface area contributed by atoms with Gasteiger partial charge in [0.1, 0.15) is 5.82 Å². The van der Waals surface area contributed by atoms with Gasteiger partial charge in [0.15, 0.2) is 0 Å². The summed E-state index contributed by atoms with van der Waals surface area (Å²) in [7, 11) is -3.60. The van der Waals surface area contributed by atoms with E-state index in [9.17, 15) is 17.6 Å². The van der Waals surface area contributed by atoms with E-state index < -0.39 is 21.7 Å². The Bertz CT molecular complexity index is 964. The number of piperidine rings is 1. The first-order valence-electron chi connectivity index (χ1n) is 9.34. The van der Waals surface area contributed by atoms with Crippen LogP contribution in [0.15, 0.2) is 47.4 Å². The lowest BCUT2D eigenvalue weighted by atomic mass is 9.94. The van der Waals surface area contributed by atoms with Crippen LogP contribution in [-0.4, -0.2) is 31.7 Å². The number of hydrogen-bond acceptors (Lipinski definition) is 3. The summed E-state index contributed by atoms with van der Waals surface area (Å²) in [5.74, 6) is -0.388. The van der Waals surface area contributed by atoms with Gasteiger partial charge in [0, 0.05) is 18.7 Å². The van der Waals surface area contributed by atoms with Gasteiger partial charge < -0.3 is 5.32 Å². The predicted molar refractivity (Wildman–Crippen MR) is 107 cm³/mol. The monoisotopic (exact) mass is 404 g/mol. The van der Waals surface area contributed by atoms with Gasteiger partial charge in [0.2, 0.25) is 10.0 Å². The third kappa shape index (κ3) is 4.42. The van der Waals surface area contributed by atoms with Crippen LogP contribution in [0.3, 0.4) is 0 Å². The molecule has 0 aliphatic carbocycles. The summed E-state index contributed by atoms with van der Waals surface area (Å²) in [5.41, 5.74) is 1.18. The second-order valence-corrected chi connectivity index (χ2v) is 9.67. The van der Waals surface area contributed by atoms with E-state index in [4.69, 9.17) is 0 Å². The highest BCUT2D eigenvalue weighted by atomic mass is 32.2. The predicted octanol–water partition coefficient (Wildman–Crippen LogP) is 4.05. The quantitative estimate of drug-likeness (QED) is 0.836. The fourth-order valence-electron chi connectivity index (χ4n) is 3.66. The Hall–Kier alpha value is -2.25. The van der Waals surface area contributed by atoms with Crippen LogP contribution >= 0.6 is 0 Å². The number of nitrogens with zero attached hydrogens (tertiary/aromatic N) is 1. The number of aryl methyl sites for hydroxylation is 1. The summed E-state index contributed by atoms with van der Waals surface area (Å²) in [5, 5.41) is 2.53. The molecule has 150 valence electrons. The Balaban J connectivity index is 1.77. The van der Waals surface area contributed by atoms with Crippen molar-refractivity contribution in [3.63, 3.8) is 0 Å². The van der Waals surface area contributed by atoms with Crippen LogP contribution in [-0.2, 0) is 10.0 Å². The summed E-state index contributed by atoms with van der Waals surface area (Å²) < 4.78 is 41.2. The molecule has 2 aromatic carbocycles. The molecule has 2 unspecified atom stereocenters. The van der Waals surface area contributed by atoms with Crippen molar-refractivity contribution in [2.24, 2.45) is 11.8 Å². The lowest BCUT2D eigenvalue weighted by Crippen LogP contribution is -2.42. The summed E-state index contributed by atoms with van der Waals surface area (Å²) in [4.78, 5) is 12.5. The topological polar surface area (TPSA) is 66.5 Å². The number of sulfonamides is 1. The highest BCUT2D eigenvalue weighted by Crippen LogP contribution is 2.27. The first-order valence-corrected chi connectivity index (χ1v) is 10.8. The first-order chi connectivity index (χ1) is 13.2. The van der Waals surface area contributed by atoms with Crippen molar-refractivity contribution in [3.8, 4) is 0 Å². The van der Waals surface area contributed by atoms with Crippen molar-refractivity contribution >= 4 is 21.6 Å². The van der Waals surface area contributed by atoms with Crippen LogP contribution in [0.4, 0.5) is 10.1 Å². The van der Waals surface area contributed by atoms with Crippen LogP contribution < -0.4 is 5.32 Å². The molecule has 1 aliphatic heterocycles. The fraction of sp³-hybridized carbons (Fsp3) is 0.381. The molecule has 0 saturated carbocycles. The van der Waals surface area contributed by atoms with Gasteiger partial charge in [0.05, 0.1) is 10.6 Å². The molecule has 1 amide bonds. The molecule has 0 spiro atoms. The molecule has 5 nitrogen and oxygen atoms in total. The molecule has 0 radical (unpaired) electrons. The highest BCUT2D eigenvalue weighted by Gasteiger charge is 2.31. The van der Waals surface area contributed by atoms with E-state index in [1.165, 1.54) is 34.6 Å². The Kier molecular flexibility index (Phi) is 5.86. The number of rotatable bonds is 4.